The van der Waals surface area contributed by atoms with Crippen molar-refractivity contribution in [3.8, 4) is 5.75 Å². The van der Waals surface area contributed by atoms with Crippen LogP contribution in [0.1, 0.15) is 18.4 Å². The molecular weight excluding hydrogens is 212 g/mol. The van der Waals surface area contributed by atoms with Gasteiger partial charge in [-0.3, -0.25) is 0 Å². The highest BCUT2D eigenvalue weighted by Gasteiger charge is 2.43. The average Bonchev–Trinajstić information content (AvgIpc) is 2.30. The van der Waals surface area contributed by atoms with Gasteiger partial charge in [0.1, 0.15) is 5.75 Å². The molecule has 0 radical (unpaired) electrons. The summed E-state index contributed by atoms with van der Waals surface area (Å²) in [4.78, 5) is 0. The Bertz CT molecular complexity index is 362. The van der Waals surface area contributed by atoms with Gasteiger partial charge in [0.25, 0.3) is 5.92 Å². The zero-order valence-electron chi connectivity index (χ0n) is 8.92. The Morgan fingerprint density at radius 3 is 2.44 bits per heavy atom. The molecule has 88 valence electrons. The minimum Gasteiger partial charge on any atom is -0.507 e. The fraction of sp³-hybridized carbons (Fsp3) is 0.500. The molecule has 1 aromatic carbocycles. The van der Waals surface area contributed by atoms with Gasteiger partial charge in [0.15, 0.2) is 0 Å². The first-order valence-electron chi connectivity index (χ1n) is 5.49. The first kappa shape index (κ1) is 11.3. The van der Waals surface area contributed by atoms with Gasteiger partial charge in [0, 0.05) is 5.92 Å². The number of halogens is 2. The molecule has 0 spiro atoms. The van der Waals surface area contributed by atoms with Crippen LogP contribution in [0.25, 0.3) is 0 Å². The molecule has 1 aliphatic rings. The highest BCUT2D eigenvalue weighted by Crippen LogP contribution is 2.43. The second-order valence-electron chi connectivity index (χ2n) is 4.16. The summed E-state index contributed by atoms with van der Waals surface area (Å²) in [5.41, 5.74) is -0.248. The Kier molecular flexibility index (Phi) is 3.10. The first-order chi connectivity index (χ1) is 7.62. The molecule has 1 heterocycles. The summed E-state index contributed by atoms with van der Waals surface area (Å²) >= 11 is 0. The lowest BCUT2D eigenvalue weighted by molar-refractivity contribution is -0.0767. The maximum absolute atomic E-state index is 14.1. The van der Waals surface area contributed by atoms with Crippen LogP contribution < -0.4 is 5.32 Å². The van der Waals surface area contributed by atoms with Crippen LogP contribution in [-0.2, 0) is 5.92 Å². The fourth-order valence-corrected chi connectivity index (χ4v) is 2.16. The van der Waals surface area contributed by atoms with E-state index < -0.39 is 11.8 Å². The van der Waals surface area contributed by atoms with Crippen LogP contribution in [0.4, 0.5) is 8.78 Å². The van der Waals surface area contributed by atoms with Crippen LogP contribution in [0, 0.1) is 5.92 Å². The highest BCUT2D eigenvalue weighted by molar-refractivity contribution is 5.35. The van der Waals surface area contributed by atoms with Crippen LogP contribution in [0.15, 0.2) is 24.3 Å². The largest absolute Gasteiger partial charge is 0.507 e. The van der Waals surface area contributed by atoms with E-state index in [1.807, 2.05) is 0 Å². The molecule has 2 nitrogen and oxygen atoms in total. The third kappa shape index (κ3) is 2.02. The number of nitrogens with one attached hydrogen (secondary N) is 1. The SMILES string of the molecule is Oc1ccccc1C(F)(F)C1CCNCC1. The molecule has 0 bridgehead atoms. The number of rotatable bonds is 2. The summed E-state index contributed by atoms with van der Waals surface area (Å²) in [7, 11) is 0. The van der Waals surface area contributed by atoms with Crippen molar-refractivity contribution in [1.82, 2.24) is 5.32 Å². The molecule has 2 N–H and O–H groups in total. The van der Waals surface area contributed by atoms with Gasteiger partial charge in [-0.25, -0.2) is 8.78 Å². The molecule has 0 saturated carbocycles. The number of hydrogen-bond acceptors (Lipinski definition) is 2. The number of para-hydroxylation sites is 1. The Morgan fingerprint density at radius 2 is 1.81 bits per heavy atom. The van der Waals surface area contributed by atoms with Crippen molar-refractivity contribution < 1.29 is 13.9 Å². The van der Waals surface area contributed by atoms with Crippen LogP contribution >= 0.6 is 0 Å². The lowest BCUT2D eigenvalue weighted by Crippen LogP contribution is -2.36. The number of alkyl halides is 2. The molecule has 0 aliphatic carbocycles. The predicted octanol–water partition coefficient (Wildman–Crippen LogP) is 2.48. The van der Waals surface area contributed by atoms with Crippen LogP contribution in [0.5, 0.6) is 5.75 Å². The molecule has 2 rings (SSSR count). The van der Waals surface area contributed by atoms with Crippen molar-refractivity contribution in [2.75, 3.05) is 13.1 Å². The molecule has 16 heavy (non-hydrogen) atoms. The van der Waals surface area contributed by atoms with E-state index >= 15 is 0 Å². The first-order valence-corrected chi connectivity index (χ1v) is 5.49. The standard InChI is InChI=1S/C12H15F2NO/c13-12(14,9-5-7-15-8-6-9)10-3-1-2-4-11(10)16/h1-4,9,15-16H,5-8H2. The lowest BCUT2D eigenvalue weighted by atomic mass is 9.87. The van der Waals surface area contributed by atoms with Gasteiger partial charge in [0.2, 0.25) is 0 Å². The summed E-state index contributed by atoms with van der Waals surface area (Å²) < 4.78 is 28.2. The van der Waals surface area contributed by atoms with Gasteiger partial charge in [-0.1, -0.05) is 12.1 Å². The number of hydrogen-bond donors (Lipinski definition) is 2. The normalized spacial score (nSPS) is 18.6. The summed E-state index contributed by atoms with van der Waals surface area (Å²) in [6, 6.07) is 5.70. The fourth-order valence-electron chi connectivity index (χ4n) is 2.16. The van der Waals surface area contributed by atoms with E-state index in [0.29, 0.717) is 25.9 Å². The van der Waals surface area contributed by atoms with Gasteiger partial charge >= 0.3 is 0 Å². The average molecular weight is 227 g/mol. The predicted molar refractivity (Wildman–Crippen MR) is 57.6 cm³/mol. The second-order valence-corrected chi connectivity index (χ2v) is 4.16. The molecule has 1 saturated heterocycles. The van der Waals surface area contributed by atoms with Crippen molar-refractivity contribution >= 4 is 0 Å². The molecule has 1 aliphatic heterocycles. The van der Waals surface area contributed by atoms with Crippen molar-refractivity contribution in [3.63, 3.8) is 0 Å². The number of aromatic hydroxyl groups is 1. The Labute approximate surface area is 93.3 Å². The van der Waals surface area contributed by atoms with Gasteiger partial charge in [-0.15, -0.1) is 0 Å². The van der Waals surface area contributed by atoms with Crippen molar-refractivity contribution in [3.05, 3.63) is 29.8 Å². The van der Waals surface area contributed by atoms with Crippen LogP contribution in [0.3, 0.4) is 0 Å². The highest BCUT2D eigenvalue weighted by atomic mass is 19.3. The van der Waals surface area contributed by atoms with E-state index in [1.165, 1.54) is 18.2 Å². The van der Waals surface area contributed by atoms with Crippen LogP contribution in [-0.4, -0.2) is 18.2 Å². The molecule has 0 aromatic heterocycles. The minimum atomic E-state index is -2.94. The van der Waals surface area contributed by atoms with Gasteiger partial charge in [-0.2, -0.15) is 0 Å². The molecule has 1 aromatic rings. The summed E-state index contributed by atoms with van der Waals surface area (Å²) in [6.45, 7) is 1.24. The van der Waals surface area contributed by atoms with Gasteiger partial charge in [0.05, 0.1) is 5.56 Å². The van der Waals surface area contributed by atoms with E-state index in [0.717, 1.165) is 0 Å². The topological polar surface area (TPSA) is 32.3 Å². The molecule has 0 amide bonds. The number of benzene rings is 1. The van der Waals surface area contributed by atoms with Gasteiger partial charge < -0.3 is 10.4 Å². The maximum atomic E-state index is 14.1. The van der Waals surface area contributed by atoms with E-state index in [9.17, 15) is 13.9 Å². The number of phenolic OH excluding ortho intramolecular Hbond substituents is 1. The molecule has 0 unspecified atom stereocenters. The van der Waals surface area contributed by atoms with Crippen LogP contribution in [0.2, 0.25) is 0 Å². The molecule has 0 atom stereocenters. The minimum absolute atomic E-state index is 0.248. The summed E-state index contributed by atoms with van der Waals surface area (Å²) in [5, 5.41) is 12.5. The lowest BCUT2D eigenvalue weighted by Gasteiger charge is -2.30. The third-order valence-electron chi connectivity index (χ3n) is 3.12. The Balaban J connectivity index is 2.26. The third-order valence-corrected chi connectivity index (χ3v) is 3.12. The molecular formula is C12H15F2NO. The summed E-state index contributed by atoms with van der Waals surface area (Å²) in [6.07, 6.45) is 0.892. The Morgan fingerprint density at radius 1 is 1.19 bits per heavy atom. The number of phenols is 1. The van der Waals surface area contributed by atoms with E-state index in [2.05, 4.69) is 5.32 Å². The van der Waals surface area contributed by atoms with Gasteiger partial charge in [-0.05, 0) is 38.1 Å². The van der Waals surface area contributed by atoms with E-state index in [-0.39, 0.29) is 11.3 Å². The second kappa shape index (κ2) is 4.37. The van der Waals surface area contributed by atoms with E-state index in [4.69, 9.17) is 0 Å². The Hall–Kier alpha value is -1.16. The zero-order chi connectivity index (χ0) is 11.6. The quantitative estimate of drug-likeness (QED) is 0.813. The van der Waals surface area contributed by atoms with E-state index in [1.54, 1.807) is 6.07 Å². The zero-order valence-corrected chi connectivity index (χ0v) is 8.92. The number of piperidine rings is 1. The van der Waals surface area contributed by atoms with Crippen molar-refractivity contribution in [2.24, 2.45) is 5.92 Å². The van der Waals surface area contributed by atoms with Crippen molar-refractivity contribution in [1.29, 1.82) is 0 Å². The maximum Gasteiger partial charge on any atom is 0.279 e. The summed E-state index contributed by atoms with van der Waals surface area (Å²) in [5.74, 6) is -3.93. The van der Waals surface area contributed by atoms with Crippen molar-refractivity contribution in [2.45, 2.75) is 18.8 Å². The molecule has 4 heteroatoms. The monoisotopic (exact) mass is 227 g/mol. The smallest absolute Gasteiger partial charge is 0.279 e. The molecule has 1 fully saturated rings.